The third kappa shape index (κ3) is 4.05. The van der Waals surface area contributed by atoms with Gasteiger partial charge in [-0.2, -0.15) is 5.26 Å². The number of hydrogen-bond acceptors (Lipinski definition) is 4. The predicted molar refractivity (Wildman–Crippen MR) is 105 cm³/mol. The van der Waals surface area contributed by atoms with Crippen LogP contribution in [0.2, 0.25) is 0 Å². The van der Waals surface area contributed by atoms with Gasteiger partial charge in [-0.05, 0) is 80.3 Å². The van der Waals surface area contributed by atoms with E-state index in [4.69, 9.17) is 0 Å². The number of aryl methyl sites for hydroxylation is 1. The van der Waals surface area contributed by atoms with Gasteiger partial charge < -0.3 is 10.0 Å². The number of rotatable bonds is 3. The number of nitriles is 1. The lowest BCUT2D eigenvalue weighted by atomic mass is 9.86. The fraction of sp³-hybridized carbons (Fsp3) is 0.478. The predicted octanol–water partition coefficient (Wildman–Crippen LogP) is 3.82. The van der Waals surface area contributed by atoms with Crippen LogP contribution in [0.1, 0.15) is 60.1 Å². The van der Waals surface area contributed by atoms with Crippen molar-refractivity contribution in [1.29, 1.82) is 5.26 Å². The number of benzene rings is 1. The minimum atomic E-state index is -0.436. The number of aliphatic hydroxyl groups excluding tert-OH is 1. The van der Waals surface area contributed by atoms with E-state index in [2.05, 4.69) is 28.1 Å². The third-order valence-electron chi connectivity index (χ3n) is 6.25. The molecule has 1 aliphatic carbocycles. The van der Waals surface area contributed by atoms with Crippen LogP contribution in [0.5, 0.6) is 0 Å². The Bertz CT molecular complexity index is 820. The normalized spacial score (nSPS) is 24.0. The minimum absolute atomic E-state index is 0.436. The summed E-state index contributed by atoms with van der Waals surface area (Å²) in [5.74, 6) is 1.00. The summed E-state index contributed by atoms with van der Waals surface area (Å²) in [4.78, 5) is 6.96. The molecule has 4 rings (SSSR count). The molecule has 2 heterocycles. The van der Waals surface area contributed by atoms with Gasteiger partial charge in [0.25, 0.3) is 0 Å². The van der Waals surface area contributed by atoms with Crippen LogP contribution in [0.15, 0.2) is 42.6 Å². The Kier molecular flexibility index (Phi) is 5.52. The molecule has 0 radical (unpaired) electrons. The van der Waals surface area contributed by atoms with Gasteiger partial charge in [-0.15, -0.1) is 0 Å². The van der Waals surface area contributed by atoms with E-state index >= 15 is 0 Å². The number of hydrogen-bond donors (Lipinski definition) is 1. The lowest BCUT2D eigenvalue weighted by Crippen LogP contribution is -2.37. The molecule has 1 fully saturated rings. The molecule has 2 aromatic rings. The average Bonchev–Trinajstić information content (AvgIpc) is 2.87. The van der Waals surface area contributed by atoms with E-state index in [1.807, 2.05) is 24.3 Å². The van der Waals surface area contributed by atoms with Gasteiger partial charge in [0.15, 0.2) is 0 Å². The first-order valence-electron chi connectivity index (χ1n) is 10.1. The molecule has 0 spiro atoms. The van der Waals surface area contributed by atoms with Crippen LogP contribution < -0.4 is 0 Å². The molecule has 0 bridgehead atoms. The highest BCUT2D eigenvalue weighted by Crippen LogP contribution is 2.33. The van der Waals surface area contributed by atoms with Crippen molar-refractivity contribution in [2.75, 3.05) is 19.6 Å². The average molecular weight is 361 g/mol. The van der Waals surface area contributed by atoms with Crippen LogP contribution in [0, 0.1) is 17.2 Å². The minimum Gasteiger partial charge on any atom is -0.387 e. The standard InChI is InChI=1S/C23H27N3O/c24-15-20-4-1-2-6-21(20)18-9-12-26(13-10-18)16-17-7-8-19-5-3-11-25-23(19)22(27)14-17/h1-6,11,17-18,22,27H,7-10,12-14,16H2/t17-,22+/m1/s1. The van der Waals surface area contributed by atoms with Gasteiger partial charge in [-0.25, -0.2) is 0 Å². The number of likely N-dealkylation sites (tertiary alicyclic amines) is 1. The summed E-state index contributed by atoms with van der Waals surface area (Å²) in [5, 5.41) is 19.9. The Labute approximate surface area is 161 Å². The summed E-state index contributed by atoms with van der Waals surface area (Å²) >= 11 is 0. The van der Waals surface area contributed by atoms with Gasteiger partial charge >= 0.3 is 0 Å². The number of aromatic nitrogens is 1. The van der Waals surface area contributed by atoms with Crippen molar-refractivity contribution in [3.8, 4) is 6.07 Å². The number of piperidine rings is 1. The molecule has 0 saturated carbocycles. The smallest absolute Gasteiger partial charge is 0.0994 e. The SMILES string of the molecule is N#Cc1ccccc1C1CCN(C[C@@H]2CCc3cccnc3[C@@H](O)C2)CC1. The molecule has 140 valence electrons. The van der Waals surface area contributed by atoms with E-state index in [1.54, 1.807) is 6.20 Å². The zero-order valence-electron chi connectivity index (χ0n) is 15.7. The largest absolute Gasteiger partial charge is 0.387 e. The molecule has 4 nitrogen and oxygen atoms in total. The first kappa shape index (κ1) is 18.2. The molecule has 0 amide bonds. The van der Waals surface area contributed by atoms with E-state index < -0.39 is 6.10 Å². The number of aliphatic hydroxyl groups is 1. The lowest BCUT2D eigenvalue weighted by Gasteiger charge is -2.34. The van der Waals surface area contributed by atoms with Crippen LogP contribution in [-0.2, 0) is 6.42 Å². The number of fused-ring (bicyclic) bond motifs is 1. The Balaban J connectivity index is 1.34. The molecule has 27 heavy (non-hydrogen) atoms. The van der Waals surface area contributed by atoms with Gasteiger partial charge in [0.1, 0.15) is 0 Å². The maximum atomic E-state index is 10.6. The van der Waals surface area contributed by atoms with Crippen LogP contribution in [0.25, 0.3) is 0 Å². The second-order valence-corrected chi connectivity index (χ2v) is 7.98. The number of pyridine rings is 1. The third-order valence-corrected chi connectivity index (χ3v) is 6.25. The van der Waals surface area contributed by atoms with Crippen molar-refractivity contribution < 1.29 is 5.11 Å². The fourth-order valence-corrected chi connectivity index (χ4v) is 4.78. The molecule has 1 N–H and O–H groups in total. The zero-order chi connectivity index (χ0) is 18.6. The lowest BCUT2D eigenvalue weighted by molar-refractivity contribution is 0.114. The summed E-state index contributed by atoms with van der Waals surface area (Å²) in [7, 11) is 0. The summed E-state index contributed by atoms with van der Waals surface area (Å²) in [5.41, 5.74) is 4.13. The molecule has 1 aliphatic heterocycles. The van der Waals surface area contributed by atoms with E-state index in [0.717, 1.165) is 63.0 Å². The highest BCUT2D eigenvalue weighted by Gasteiger charge is 2.28. The molecule has 1 aromatic heterocycles. The summed E-state index contributed by atoms with van der Waals surface area (Å²) in [6, 6.07) is 14.4. The second-order valence-electron chi connectivity index (χ2n) is 7.98. The van der Waals surface area contributed by atoms with E-state index in [1.165, 1.54) is 11.1 Å². The van der Waals surface area contributed by atoms with Crippen LogP contribution >= 0.6 is 0 Å². The molecule has 2 atom stereocenters. The Morgan fingerprint density at radius 2 is 1.93 bits per heavy atom. The van der Waals surface area contributed by atoms with E-state index in [0.29, 0.717) is 11.8 Å². The number of nitrogens with zero attached hydrogens (tertiary/aromatic N) is 3. The van der Waals surface area contributed by atoms with Gasteiger partial charge in [0.2, 0.25) is 0 Å². The quantitative estimate of drug-likeness (QED) is 0.845. The van der Waals surface area contributed by atoms with Crippen molar-refractivity contribution in [1.82, 2.24) is 9.88 Å². The molecule has 2 aliphatic rings. The molecule has 4 heteroatoms. The van der Waals surface area contributed by atoms with Crippen LogP contribution in [-0.4, -0.2) is 34.6 Å². The van der Waals surface area contributed by atoms with Crippen molar-refractivity contribution in [3.05, 3.63) is 65.0 Å². The highest BCUT2D eigenvalue weighted by atomic mass is 16.3. The van der Waals surface area contributed by atoms with Crippen LogP contribution in [0.3, 0.4) is 0 Å². The molecular weight excluding hydrogens is 334 g/mol. The summed E-state index contributed by atoms with van der Waals surface area (Å²) in [6.07, 6.45) is 6.50. The van der Waals surface area contributed by atoms with Gasteiger partial charge in [0, 0.05) is 12.7 Å². The van der Waals surface area contributed by atoms with Crippen molar-refractivity contribution in [2.24, 2.45) is 5.92 Å². The maximum absolute atomic E-state index is 10.6. The second kappa shape index (κ2) is 8.21. The van der Waals surface area contributed by atoms with Crippen molar-refractivity contribution in [2.45, 2.75) is 44.1 Å². The van der Waals surface area contributed by atoms with E-state index in [-0.39, 0.29) is 0 Å². The van der Waals surface area contributed by atoms with Crippen LogP contribution in [0.4, 0.5) is 0 Å². The first-order chi connectivity index (χ1) is 13.2. The monoisotopic (exact) mass is 361 g/mol. The molecule has 0 unspecified atom stereocenters. The van der Waals surface area contributed by atoms with Gasteiger partial charge in [-0.1, -0.05) is 24.3 Å². The zero-order valence-corrected chi connectivity index (χ0v) is 15.7. The summed E-state index contributed by atoms with van der Waals surface area (Å²) in [6.45, 7) is 3.20. The van der Waals surface area contributed by atoms with Gasteiger partial charge in [-0.3, -0.25) is 4.98 Å². The summed E-state index contributed by atoms with van der Waals surface area (Å²) < 4.78 is 0. The maximum Gasteiger partial charge on any atom is 0.0994 e. The Hall–Kier alpha value is -2.22. The van der Waals surface area contributed by atoms with E-state index in [9.17, 15) is 10.4 Å². The highest BCUT2D eigenvalue weighted by molar-refractivity contribution is 5.39. The molecular formula is C23H27N3O. The van der Waals surface area contributed by atoms with Crippen molar-refractivity contribution in [3.63, 3.8) is 0 Å². The molecule has 1 saturated heterocycles. The Morgan fingerprint density at radius 3 is 2.74 bits per heavy atom. The first-order valence-corrected chi connectivity index (χ1v) is 10.1. The van der Waals surface area contributed by atoms with Gasteiger partial charge in [0.05, 0.1) is 23.4 Å². The van der Waals surface area contributed by atoms with Crippen molar-refractivity contribution >= 4 is 0 Å². The molecule has 1 aromatic carbocycles. The Morgan fingerprint density at radius 1 is 1.11 bits per heavy atom. The topological polar surface area (TPSA) is 60.2 Å². The fourth-order valence-electron chi connectivity index (χ4n) is 4.78.